The van der Waals surface area contributed by atoms with Crippen molar-refractivity contribution in [3.8, 4) is 11.3 Å². The molecular weight excluding hydrogens is 432 g/mol. The van der Waals surface area contributed by atoms with Crippen molar-refractivity contribution >= 4 is 20.9 Å². The van der Waals surface area contributed by atoms with Gasteiger partial charge in [-0.05, 0) is 23.6 Å². The molecule has 0 fully saturated rings. The predicted octanol–water partition coefficient (Wildman–Crippen LogP) is 4.60. The van der Waals surface area contributed by atoms with Crippen LogP contribution in [0.3, 0.4) is 0 Å². The minimum Gasteiger partial charge on any atom is -0.361 e. The van der Waals surface area contributed by atoms with Crippen LogP contribution < -0.4 is 4.72 Å². The van der Waals surface area contributed by atoms with Gasteiger partial charge in [0.05, 0.1) is 6.54 Å². The smallest absolute Gasteiger partial charge is 0.244 e. The molecule has 0 atom stereocenters. The summed E-state index contributed by atoms with van der Waals surface area (Å²) in [6.07, 6.45) is 4.14. The molecule has 0 radical (unpaired) electrons. The third kappa shape index (κ3) is 4.60. The first-order valence-corrected chi connectivity index (χ1v) is 12.3. The number of nitrogens with one attached hydrogen (secondary N) is 2. The topological polar surface area (TPSA) is 79.8 Å². The van der Waals surface area contributed by atoms with Crippen LogP contribution in [0.25, 0.3) is 22.2 Å². The third-order valence-corrected chi connectivity index (χ3v) is 7.08. The van der Waals surface area contributed by atoms with Crippen LogP contribution in [0.5, 0.6) is 0 Å². The number of benzene rings is 3. The third-order valence-electron chi connectivity index (χ3n) is 5.61. The summed E-state index contributed by atoms with van der Waals surface area (Å²) >= 11 is 0. The van der Waals surface area contributed by atoms with Gasteiger partial charge in [0, 0.05) is 35.4 Å². The molecule has 5 rings (SSSR count). The van der Waals surface area contributed by atoms with Crippen molar-refractivity contribution in [1.29, 1.82) is 0 Å². The Morgan fingerprint density at radius 2 is 1.58 bits per heavy atom. The fraction of sp³-hybridized carbons (Fsp3) is 0.115. The second kappa shape index (κ2) is 9.05. The fourth-order valence-corrected chi connectivity index (χ4v) is 5.18. The molecule has 7 heteroatoms. The summed E-state index contributed by atoms with van der Waals surface area (Å²) in [5.74, 6) is 0. The van der Waals surface area contributed by atoms with E-state index in [0.717, 1.165) is 27.6 Å². The van der Waals surface area contributed by atoms with Crippen molar-refractivity contribution in [3.63, 3.8) is 0 Å². The number of aromatic nitrogens is 3. The number of sulfonamides is 1. The first kappa shape index (κ1) is 21.2. The molecule has 0 bridgehead atoms. The van der Waals surface area contributed by atoms with Gasteiger partial charge in [-0.25, -0.2) is 13.1 Å². The van der Waals surface area contributed by atoms with Crippen molar-refractivity contribution in [3.05, 3.63) is 108 Å². The zero-order chi connectivity index (χ0) is 22.7. The summed E-state index contributed by atoms with van der Waals surface area (Å²) in [4.78, 5) is 3.42. The molecular formula is C26H24N4O2S. The summed E-state index contributed by atoms with van der Waals surface area (Å²) in [6.45, 7) is 0.786. The van der Waals surface area contributed by atoms with Crippen molar-refractivity contribution in [2.75, 3.05) is 6.54 Å². The Balaban J connectivity index is 1.40. The Morgan fingerprint density at radius 1 is 0.879 bits per heavy atom. The highest BCUT2D eigenvalue weighted by Gasteiger charge is 2.23. The molecule has 5 aromatic rings. The van der Waals surface area contributed by atoms with Gasteiger partial charge in [0.15, 0.2) is 0 Å². The van der Waals surface area contributed by atoms with E-state index in [0.29, 0.717) is 25.2 Å². The lowest BCUT2D eigenvalue weighted by Gasteiger charge is -2.07. The molecule has 0 saturated heterocycles. The monoisotopic (exact) mass is 456 g/mol. The molecule has 166 valence electrons. The SMILES string of the molecule is O=S(=O)(NCCc1c[nH]c2ccccc12)c1cn(Cc2ccccc2)nc1-c1ccccc1. The molecule has 6 nitrogen and oxygen atoms in total. The standard InChI is InChI=1S/C26H24N4O2S/c31-33(32,28-16-15-22-17-27-24-14-8-7-13-23(22)24)25-19-30(18-20-9-3-1-4-10-20)29-26(25)21-11-5-2-6-12-21/h1-14,17,19,27-28H,15-16,18H2. The van der Waals surface area contributed by atoms with E-state index in [-0.39, 0.29) is 4.90 Å². The van der Waals surface area contributed by atoms with E-state index in [1.54, 1.807) is 10.9 Å². The summed E-state index contributed by atoms with van der Waals surface area (Å²) in [5.41, 5.74) is 4.39. The maximum Gasteiger partial charge on any atom is 0.244 e. The zero-order valence-corrected chi connectivity index (χ0v) is 18.8. The fourth-order valence-electron chi connectivity index (χ4n) is 3.98. The normalized spacial score (nSPS) is 11.8. The highest BCUT2D eigenvalue weighted by atomic mass is 32.2. The first-order valence-electron chi connectivity index (χ1n) is 10.8. The number of fused-ring (bicyclic) bond motifs is 1. The number of rotatable bonds is 8. The van der Waals surface area contributed by atoms with Crippen LogP contribution in [-0.4, -0.2) is 29.7 Å². The molecule has 0 amide bonds. The van der Waals surface area contributed by atoms with E-state index >= 15 is 0 Å². The summed E-state index contributed by atoms with van der Waals surface area (Å²) in [6, 6.07) is 27.3. The molecule has 2 N–H and O–H groups in total. The van der Waals surface area contributed by atoms with E-state index in [4.69, 9.17) is 0 Å². The number of hydrogen-bond acceptors (Lipinski definition) is 3. The Kier molecular flexibility index (Phi) is 5.81. The van der Waals surface area contributed by atoms with Gasteiger partial charge in [-0.1, -0.05) is 78.9 Å². The van der Waals surface area contributed by atoms with Gasteiger partial charge in [-0.3, -0.25) is 4.68 Å². The van der Waals surface area contributed by atoms with E-state index < -0.39 is 10.0 Å². The number of hydrogen-bond donors (Lipinski definition) is 2. The lowest BCUT2D eigenvalue weighted by molar-refractivity contribution is 0.581. The van der Waals surface area contributed by atoms with Gasteiger partial charge in [0.2, 0.25) is 10.0 Å². The first-order chi connectivity index (χ1) is 16.1. The number of aromatic amines is 1. The molecule has 0 aliphatic carbocycles. The molecule has 2 aromatic heterocycles. The minimum atomic E-state index is -3.76. The maximum atomic E-state index is 13.3. The van der Waals surface area contributed by atoms with E-state index in [1.165, 1.54) is 0 Å². The second-order valence-corrected chi connectivity index (χ2v) is 9.63. The molecule has 0 saturated carbocycles. The van der Waals surface area contributed by atoms with Gasteiger partial charge in [0.1, 0.15) is 10.6 Å². The van der Waals surface area contributed by atoms with Gasteiger partial charge < -0.3 is 4.98 Å². The summed E-state index contributed by atoms with van der Waals surface area (Å²) in [5, 5.41) is 5.74. The highest BCUT2D eigenvalue weighted by Crippen LogP contribution is 2.26. The lowest BCUT2D eigenvalue weighted by Crippen LogP contribution is -2.26. The van der Waals surface area contributed by atoms with Crippen molar-refractivity contribution < 1.29 is 8.42 Å². The van der Waals surface area contributed by atoms with Crippen LogP contribution in [0.15, 0.2) is 102 Å². The minimum absolute atomic E-state index is 0.184. The molecule has 2 heterocycles. The highest BCUT2D eigenvalue weighted by molar-refractivity contribution is 7.89. The average Bonchev–Trinajstić information content (AvgIpc) is 3.45. The van der Waals surface area contributed by atoms with E-state index in [2.05, 4.69) is 14.8 Å². The van der Waals surface area contributed by atoms with Crippen LogP contribution >= 0.6 is 0 Å². The summed E-state index contributed by atoms with van der Waals surface area (Å²) < 4.78 is 31.1. The molecule has 3 aromatic carbocycles. The quantitative estimate of drug-likeness (QED) is 0.358. The number of nitrogens with zero attached hydrogens (tertiary/aromatic N) is 2. The van der Waals surface area contributed by atoms with Crippen molar-refractivity contribution in [2.45, 2.75) is 17.9 Å². The van der Waals surface area contributed by atoms with E-state index in [1.807, 2.05) is 91.1 Å². The van der Waals surface area contributed by atoms with Crippen LogP contribution in [-0.2, 0) is 23.0 Å². The second-order valence-electron chi connectivity index (χ2n) is 7.90. The predicted molar refractivity (Wildman–Crippen MR) is 130 cm³/mol. The Bertz CT molecular complexity index is 1470. The van der Waals surface area contributed by atoms with Gasteiger partial charge in [-0.15, -0.1) is 0 Å². The van der Waals surface area contributed by atoms with Gasteiger partial charge in [0.25, 0.3) is 0 Å². The van der Waals surface area contributed by atoms with Crippen LogP contribution in [0.2, 0.25) is 0 Å². The molecule has 0 aliphatic rings. The average molecular weight is 457 g/mol. The maximum absolute atomic E-state index is 13.3. The van der Waals surface area contributed by atoms with Crippen LogP contribution in [0, 0.1) is 0 Å². The molecule has 0 spiro atoms. The molecule has 33 heavy (non-hydrogen) atoms. The van der Waals surface area contributed by atoms with E-state index in [9.17, 15) is 8.42 Å². The number of H-pyrrole nitrogens is 1. The molecule has 0 aliphatic heterocycles. The van der Waals surface area contributed by atoms with Crippen molar-refractivity contribution in [1.82, 2.24) is 19.5 Å². The van der Waals surface area contributed by atoms with Gasteiger partial charge >= 0.3 is 0 Å². The van der Waals surface area contributed by atoms with Crippen molar-refractivity contribution in [2.24, 2.45) is 0 Å². The molecule has 0 unspecified atom stereocenters. The Hall–Kier alpha value is -3.68. The largest absolute Gasteiger partial charge is 0.361 e. The van der Waals surface area contributed by atoms with Crippen LogP contribution in [0.1, 0.15) is 11.1 Å². The number of para-hydroxylation sites is 1. The zero-order valence-electron chi connectivity index (χ0n) is 18.0. The van der Waals surface area contributed by atoms with Gasteiger partial charge in [-0.2, -0.15) is 5.10 Å². The van der Waals surface area contributed by atoms with Crippen LogP contribution in [0.4, 0.5) is 0 Å². The summed E-state index contributed by atoms with van der Waals surface area (Å²) in [7, 11) is -3.76. The Labute approximate surface area is 193 Å². The Morgan fingerprint density at radius 3 is 2.36 bits per heavy atom. The lowest BCUT2D eigenvalue weighted by atomic mass is 10.1.